The van der Waals surface area contributed by atoms with E-state index in [2.05, 4.69) is 0 Å². The van der Waals surface area contributed by atoms with E-state index in [4.69, 9.17) is 4.74 Å². The van der Waals surface area contributed by atoms with Gasteiger partial charge in [0.05, 0.1) is 31.9 Å². The van der Waals surface area contributed by atoms with E-state index in [-0.39, 0.29) is 5.75 Å². The third kappa shape index (κ3) is 5.29. The first-order valence-electron chi connectivity index (χ1n) is 8.67. The highest BCUT2D eigenvalue weighted by atomic mass is 32.2. The van der Waals surface area contributed by atoms with Crippen LogP contribution < -0.4 is 9.64 Å². The Labute approximate surface area is 149 Å². The molecule has 0 bridgehead atoms. The molecule has 0 radical (unpaired) electrons. The van der Waals surface area contributed by atoms with Crippen molar-refractivity contribution in [2.75, 3.05) is 39.3 Å². The molecule has 1 heterocycles. The Morgan fingerprint density at radius 3 is 2.16 bits per heavy atom. The quantitative estimate of drug-likeness (QED) is 0.794. The van der Waals surface area contributed by atoms with Gasteiger partial charge in [0.25, 0.3) is 0 Å². The number of rotatable bonds is 7. The molecule has 2 aromatic carbocycles. The third-order valence-electron chi connectivity index (χ3n) is 4.48. The van der Waals surface area contributed by atoms with E-state index in [0.717, 1.165) is 30.9 Å². The van der Waals surface area contributed by atoms with E-state index in [1.165, 1.54) is 4.90 Å². The van der Waals surface area contributed by atoms with Gasteiger partial charge in [-0.1, -0.05) is 48.5 Å². The van der Waals surface area contributed by atoms with Gasteiger partial charge in [0.2, 0.25) is 10.0 Å². The minimum absolute atomic E-state index is 0.0836. The molecule has 0 atom stereocenters. The van der Waals surface area contributed by atoms with Crippen LogP contribution in [0, 0.1) is 0 Å². The monoisotopic (exact) mass is 361 g/mol. The lowest BCUT2D eigenvalue weighted by molar-refractivity contribution is -0.903. The number of quaternary nitrogens is 1. The molecule has 5 nitrogen and oxygen atoms in total. The summed E-state index contributed by atoms with van der Waals surface area (Å²) >= 11 is 0. The fraction of sp³-hybridized carbons (Fsp3) is 0.368. The standard InChI is InChI=1S/C19H24N2O3S/c22-25(23,17-18-7-3-1-4-8-18)21-13-11-20(12-14-21)15-16-24-19-9-5-2-6-10-19/h1-10H,11-17H2/p+1. The first kappa shape index (κ1) is 17.9. The van der Waals surface area contributed by atoms with Gasteiger partial charge in [-0.3, -0.25) is 0 Å². The molecule has 2 aromatic rings. The lowest BCUT2D eigenvalue weighted by atomic mass is 10.2. The molecule has 0 amide bonds. The van der Waals surface area contributed by atoms with Crippen LogP contribution in [0.25, 0.3) is 0 Å². The smallest absolute Gasteiger partial charge is 0.218 e. The van der Waals surface area contributed by atoms with Gasteiger partial charge in [0, 0.05) is 0 Å². The van der Waals surface area contributed by atoms with Gasteiger partial charge in [-0.2, -0.15) is 4.31 Å². The molecule has 0 aromatic heterocycles. The molecular weight excluding hydrogens is 336 g/mol. The molecule has 1 saturated heterocycles. The van der Waals surface area contributed by atoms with Crippen molar-refractivity contribution in [1.82, 2.24) is 4.31 Å². The lowest BCUT2D eigenvalue weighted by Crippen LogP contribution is -3.15. The number of para-hydroxylation sites is 1. The van der Waals surface area contributed by atoms with Gasteiger partial charge < -0.3 is 9.64 Å². The van der Waals surface area contributed by atoms with Crippen molar-refractivity contribution in [3.63, 3.8) is 0 Å². The van der Waals surface area contributed by atoms with E-state index in [9.17, 15) is 8.42 Å². The first-order valence-corrected chi connectivity index (χ1v) is 10.3. The van der Waals surface area contributed by atoms with Crippen LogP contribution in [0.2, 0.25) is 0 Å². The highest BCUT2D eigenvalue weighted by Gasteiger charge is 2.28. The summed E-state index contributed by atoms with van der Waals surface area (Å²) in [5.41, 5.74) is 0.841. The van der Waals surface area contributed by atoms with Crippen LogP contribution in [0.15, 0.2) is 60.7 Å². The second-order valence-corrected chi connectivity index (χ2v) is 8.27. The van der Waals surface area contributed by atoms with Gasteiger partial charge in [-0.05, 0) is 17.7 Å². The predicted molar refractivity (Wildman–Crippen MR) is 98.1 cm³/mol. The molecule has 134 valence electrons. The second-order valence-electron chi connectivity index (χ2n) is 6.30. The summed E-state index contributed by atoms with van der Waals surface area (Å²) < 4.78 is 32.5. The maximum absolute atomic E-state index is 12.6. The van der Waals surface area contributed by atoms with Crippen LogP contribution in [0.1, 0.15) is 5.56 Å². The van der Waals surface area contributed by atoms with Crippen LogP contribution in [0.3, 0.4) is 0 Å². The van der Waals surface area contributed by atoms with E-state index < -0.39 is 10.0 Å². The predicted octanol–water partition coefficient (Wildman–Crippen LogP) is 0.796. The molecule has 25 heavy (non-hydrogen) atoms. The molecule has 1 N–H and O–H groups in total. The number of benzene rings is 2. The zero-order valence-corrected chi connectivity index (χ0v) is 15.1. The van der Waals surface area contributed by atoms with Crippen molar-refractivity contribution in [2.24, 2.45) is 0 Å². The van der Waals surface area contributed by atoms with Crippen molar-refractivity contribution >= 4 is 10.0 Å². The number of hydrogen-bond acceptors (Lipinski definition) is 3. The van der Waals surface area contributed by atoms with E-state index in [1.807, 2.05) is 60.7 Å². The summed E-state index contributed by atoms with van der Waals surface area (Å²) in [4.78, 5) is 1.39. The Balaban J connectivity index is 1.43. The number of hydrogen-bond donors (Lipinski definition) is 1. The molecule has 1 fully saturated rings. The molecule has 3 rings (SSSR count). The number of sulfonamides is 1. The van der Waals surface area contributed by atoms with Gasteiger partial charge >= 0.3 is 0 Å². The Morgan fingerprint density at radius 2 is 1.52 bits per heavy atom. The van der Waals surface area contributed by atoms with Crippen molar-refractivity contribution in [1.29, 1.82) is 0 Å². The highest BCUT2D eigenvalue weighted by molar-refractivity contribution is 7.88. The number of nitrogens with zero attached hydrogens (tertiary/aromatic N) is 1. The summed E-state index contributed by atoms with van der Waals surface area (Å²) in [5, 5.41) is 0. The molecule has 6 heteroatoms. The minimum atomic E-state index is -3.23. The molecule has 0 spiro atoms. The Kier molecular flexibility index (Phi) is 6.07. The Morgan fingerprint density at radius 1 is 0.920 bits per heavy atom. The summed E-state index contributed by atoms with van der Waals surface area (Å²) in [7, 11) is -3.23. The van der Waals surface area contributed by atoms with Gasteiger partial charge in [0.1, 0.15) is 18.9 Å². The zero-order valence-electron chi connectivity index (χ0n) is 14.3. The van der Waals surface area contributed by atoms with Crippen molar-refractivity contribution < 1.29 is 18.1 Å². The summed E-state index contributed by atoms with van der Waals surface area (Å²) in [6.45, 7) is 4.35. The molecule has 0 saturated carbocycles. The topological polar surface area (TPSA) is 51.0 Å². The highest BCUT2D eigenvalue weighted by Crippen LogP contribution is 2.11. The fourth-order valence-electron chi connectivity index (χ4n) is 3.04. The van der Waals surface area contributed by atoms with Gasteiger partial charge in [0.15, 0.2) is 0 Å². The van der Waals surface area contributed by atoms with E-state index in [0.29, 0.717) is 19.7 Å². The SMILES string of the molecule is O=S(=O)(Cc1ccccc1)N1CC[NH+](CCOc2ccccc2)CC1. The van der Waals surface area contributed by atoms with Gasteiger partial charge in [-0.15, -0.1) is 0 Å². The summed E-state index contributed by atoms with van der Waals surface area (Å²) in [6, 6.07) is 19.1. The molecule has 1 aliphatic rings. The average Bonchev–Trinajstić information content (AvgIpc) is 2.64. The van der Waals surface area contributed by atoms with Crippen LogP contribution in [-0.2, 0) is 15.8 Å². The largest absolute Gasteiger partial charge is 0.488 e. The zero-order chi connectivity index (χ0) is 17.5. The second kappa shape index (κ2) is 8.47. The van der Waals surface area contributed by atoms with Crippen LogP contribution in [0.5, 0.6) is 5.75 Å². The van der Waals surface area contributed by atoms with Crippen LogP contribution >= 0.6 is 0 Å². The fourth-order valence-corrected chi connectivity index (χ4v) is 4.57. The molecule has 0 aliphatic carbocycles. The number of ether oxygens (including phenoxy) is 1. The molecule has 1 aliphatic heterocycles. The summed E-state index contributed by atoms with van der Waals surface area (Å²) in [6.07, 6.45) is 0. The lowest BCUT2D eigenvalue weighted by Gasteiger charge is -2.31. The minimum Gasteiger partial charge on any atom is -0.488 e. The average molecular weight is 361 g/mol. The number of nitrogens with one attached hydrogen (secondary N) is 1. The third-order valence-corrected chi connectivity index (χ3v) is 6.33. The molecule has 0 unspecified atom stereocenters. The Hall–Kier alpha value is -1.89. The van der Waals surface area contributed by atoms with Crippen molar-refractivity contribution in [3.8, 4) is 5.75 Å². The Bertz CT molecular complexity index is 743. The van der Waals surface area contributed by atoms with Crippen LogP contribution in [-0.4, -0.2) is 52.1 Å². The van der Waals surface area contributed by atoms with Crippen molar-refractivity contribution in [3.05, 3.63) is 66.2 Å². The van der Waals surface area contributed by atoms with E-state index in [1.54, 1.807) is 4.31 Å². The number of piperazine rings is 1. The maximum Gasteiger partial charge on any atom is 0.218 e. The maximum atomic E-state index is 12.6. The summed E-state index contributed by atoms with van der Waals surface area (Å²) in [5.74, 6) is 0.964. The van der Waals surface area contributed by atoms with Crippen molar-refractivity contribution in [2.45, 2.75) is 5.75 Å². The first-order chi connectivity index (χ1) is 12.1. The molecular formula is C19H25N2O3S+. The van der Waals surface area contributed by atoms with Gasteiger partial charge in [-0.25, -0.2) is 8.42 Å². The normalized spacial score (nSPS) is 16.6. The van der Waals surface area contributed by atoms with E-state index >= 15 is 0 Å². The van der Waals surface area contributed by atoms with Crippen LogP contribution in [0.4, 0.5) is 0 Å².